The van der Waals surface area contributed by atoms with E-state index in [0.717, 1.165) is 16.5 Å². The topological polar surface area (TPSA) is 24.4 Å². The molecule has 16 heavy (non-hydrogen) atoms. The lowest BCUT2D eigenvalue weighted by Gasteiger charge is -2.14. The van der Waals surface area contributed by atoms with Gasteiger partial charge in [0.05, 0.1) is 12.1 Å². The van der Waals surface area contributed by atoms with E-state index >= 15 is 0 Å². The minimum Gasteiger partial charge on any atom is -0.358 e. The Morgan fingerprint density at radius 1 is 1.56 bits per heavy atom. The Labute approximate surface area is 99.3 Å². The van der Waals surface area contributed by atoms with Gasteiger partial charge in [-0.1, -0.05) is 23.9 Å². The van der Waals surface area contributed by atoms with E-state index in [1.54, 1.807) is 23.9 Å². The molecule has 0 fully saturated rings. The maximum Gasteiger partial charge on any atom is 0.157 e. The summed E-state index contributed by atoms with van der Waals surface area (Å²) in [7, 11) is 0. The molecule has 0 aromatic heterocycles. The smallest absolute Gasteiger partial charge is 0.157 e. The molecule has 86 valence electrons. The largest absolute Gasteiger partial charge is 0.358 e. The van der Waals surface area contributed by atoms with E-state index in [2.05, 4.69) is 17.2 Å². The van der Waals surface area contributed by atoms with Gasteiger partial charge in [0.25, 0.3) is 0 Å². The molecule has 0 saturated heterocycles. The van der Waals surface area contributed by atoms with Crippen molar-refractivity contribution in [3.63, 3.8) is 0 Å². The van der Waals surface area contributed by atoms with Gasteiger partial charge in [0.15, 0.2) is 5.17 Å². The highest BCUT2D eigenvalue weighted by molar-refractivity contribution is 8.14. The second-order valence-electron chi connectivity index (χ2n) is 4.02. The van der Waals surface area contributed by atoms with Crippen molar-refractivity contribution in [1.82, 2.24) is 5.32 Å². The standard InChI is InChI=1S/C12H15FN2S/c1-8-7-16-12(14-8)15-9(2)10-4-3-5-11(13)6-10/h3-6,8-9H,7H2,1-2H3,(H,14,15). The summed E-state index contributed by atoms with van der Waals surface area (Å²) < 4.78 is 13.0. The van der Waals surface area contributed by atoms with Crippen molar-refractivity contribution in [2.45, 2.75) is 25.9 Å². The number of rotatable bonds is 2. The summed E-state index contributed by atoms with van der Waals surface area (Å²) in [6, 6.07) is 7.14. The third-order valence-corrected chi connectivity index (χ3v) is 3.63. The van der Waals surface area contributed by atoms with Crippen LogP contribution in [0.1, 0.15) is 25.5 Å². The summed E-state index contributed by atoms with van der Waals surface area (Å²) in [5.41, 5.74) is 0.947. The molecule has 0 bridgehead atoms. The summed E-state index contributed by atoms with van der Waals surface area (Å²) in [6.45, 7) is 4.11. The number of hydrogen-bond donors (Lipinski definition) is 1. The van der Waals surface area contributed by atoms with E-state index < -0.39 is 0 Å². The molecule has 2 nitrogen and oxygen atoms in total. The Kier molecular flexibility index (Phi) is 3.49. The average molecular weight is 238 g/mol. The molecule has 0 amide bonds. The molecular formula is C12H15FN2S. The van der Waals surface area contributed by atoms with Crippen LogP contribution in [0.2, 0.25) is 0 Å². The molecule has 2 rings (SSSR count). The number of nitrogens with one attached hydrogen (secondary N) is 1. The normalized spacial score (nSPS) is 21.7. The zero-order chi connectivity index (χ0) is 11.5. The van der Waals surface area contributed by atoms with Crippen LogP contribution in [0.15, 0.2) is 29.3 Å². The van der Waals surface area contributed by atoms with Crippen LogP contribution in [0, 0.1) is 5.82 Å². The van der Waals surface area contributed by atoms with Crippen LogP contribution in [-0.2, 0) is 0 Å². The third-order valence-electron chi connectivity index (χ3n) is 2.49. The maximum atomic E-state index is 13.0. The zero-order valence-electron chi connectivity index (χ0n) is 9.40. The van der Waals surface area contributed by atoms with Crippen molar-refractivity contribution in [1.29, 1.82) is 0 Å². The molecule has 1 heterocycles. The van der Waals surface area contributed by atoms with E-state index in [9.17, 15) is 4.39 Å². The fourth-order valence-electron chi connectivity index (χ4n) is 1.60. The molecule has 2 atom stereocenters. The molecule has 4 heteroatoms. The Morgan fingerprint density at radius 3 is 3.00 bits per heavy atom. The molecule has 0 aliphatic carbocycles. The molecule has 1 N–H and O–H groups in total. The molecule has 0 radical (unpaired) electrons. The Morgan fingerprint density at radius 2 is 2.38 bits per heavy atom. The first-order chi connectivity index (χ1) is 7.65. The third kappa shape index (κ3) is 2.76. The molecule has 0 saturated carbocycles. The van der Waals surface area contributed by atoms with Crippen LogP contribution in [0.4, 0.5) is 4.39 Å². The minimum absolute atomic E-state index is 0.0900. The van der Waals surface area contributed by atoms with Gasteiger partial charge in [0.2, 0.25) is 0 Å². The fraction of sp³-hybridized carbons (Fsp3) is 0.417. The van der Waals surface area contributed by atoms with E-state index in [0.29, 0.717) is 6.04 Å². The number of hydrogen-bond acceptors (Lipinski definition) is 3. The summed E-state index contributed by atoms with van der Waals surface area (Å²) in [6.07, 6.45) is 0. The Balaban J connectivity index is 2.03. The van der Waals surface area contributed by atoms with E-state index in [4.69, 9.17) is 0 Å². The molecule has 1 aromatic rings. The molecule has 0 spiro atoms. The van der Waals surface area contributed by atoms with Crippen LogP contribution in [-0.4, -0.2) is 17.0 Å². The van der Waals surface area contributed by atoms with Crippen molar-refractivity contribution in [2.24, 2.45) is 4.99 Å². The monoisotopic (exact) mass is 238 g/mol. The van der Waals surface area contributed by atoms with Crippen LogP contribution in [0.5, 0.6) is 0 Å². The number of nitrogens with zero attached hydrogens (tertiary/aromatic N) is 1. The molecular weight excluding hydrogens is 223 g/mol. The lowest BCUT2D eigenvalue weighted by Crippen LogP contribution is -2.23. The second kappa shape index (κ2) is 4.87. The highest BCUT2D eigenvalue weighted by atomic mass is 32.2. The molecule has 1 aliphatic rings. The van der Waals surface area contributed by atoms with Crippen molar-refractivity contribution >= 4 is 16.9 Å². The lowest BCUT2D eigenvalue weighted by molar-refractivity contribution is 0.618. The van der Waals surface area contributed by atoms with E-state index in [1.165, 1.54) is 6.07 Å². The highest BCUT2D eigenvalue weighted by Gasteiger charge is 2.16. The highest BCUT2D eigenvalue weighted by Crippen LogP contribution is 2.20. The fourth-order valence-corrected chi connectivity index (χ4v) is 2.59. The van der Waals surface area contributed by atoms with Gasteiger partial charge in [-0.3, -0.25) is 4.99 Å². The van der Waals surface area contributed by atoms with Crippen LogP contribution in [0.25, 0.3) is 0 Å². The first kappa shape index (κ1) is 11.5. The van der Waals surface area contributed by atoms with Crippen molar-refractivity contribution in [3.05, 3.63) is 35.6 Å². The van der Waals surface area contributed by atoms with Gasteiger partial charge in [0.1, 0.15) is 5.82 Å². The van der Waals surface area contributed by atoms with Gasteiger partial charge >= 0.3 is 0 Å². The summed E-state index contributed by atoms with van der Waals surface area (Å²) >= 11 is 1.72. The van der Waals surface area contributed by atoms with E-state index in [-0.39, 0.29) is 11.9 Å². The van der Waals surface area contributed by atoms with Gasteiger partial charge in [0, 0.05) is 5.75 Å². The summed E-state index contributed by atoms with van der Waals surface area (Å²) in [4.78, 5) is 4.45. The molecule has 2 unspecified atom stereocenters. The van der Waals surface area contributed by atoms with Gasteiger partial charge in [-0.25, -0.2) is 4.39 Å². The maximum absolute atomic E-state index is 13.0. The Hall–Kier alpha value is -1.03. The predicted octanol–water partition coefficient (Wildman–Crippen LogP) is 2.97. The number of thioether (sulfide) groups is 1. The number of halogens is 1. The quantitative estimate of drug-likeness (QED) is 0.856. The number of amidine groups is 1. The number of benzene rings is 1. The predicted molar refractivity (Wildman–Crippen MR) is 67.3 cm³/mol. The molecule has 1 aromatic carbocycles. The summed E-state index contributed by atoms with van der Waals surface area (Å²) in [5.74, 6) is 0.832. The van der Waals surface area contributed by atoms with Gasteiger partial charge < -0.3 is 5.32 Å². The SMILES string of the molecule is CC1CSC(NC(C)c2cccc(F)c2)=N1. The number of aliphatic imine (C=N–C) groups is 1. The van der Waals surface area contributed by atoms with Crippen LogP contribution in [0.3, 0.4) is 0 Å². The zero-order valence-corrected chi connectivity index (χ0v) is 10.2. The Bertz CT molecular complexity index is 406. The average Bonchev–Trinajstić information content (AvgIpc) is 2.64. The van der Waals surface area contributed by atoms with Gasteiger partial charge in [-0.15, -0.1) is 0 Å². The summed E-state index contributed by atoms with van der Waals surface area (Å²) in [5, 5.41) is 4.26. The van der Waals surface area contributed by atoms with Gasteiger partial charge in [-0.05, 0) is 31.5 Å². The minimum atomic E-state index is -0.194. The van der Waals surface area contributed by atoms with Gasteiger partial charge in [-0.2, -0.15) is 0 Å². The lowest BCUT2D eigenvalue weighted by atomic mass is 10.1. The van der Waals surface area contributed by atoms with Crippen molar-refractivity contribution < 1.29 is 4.39 Å². The van der Waals surface area contributed by atoms with E-state index in [1.807, 2.05) is 13.0 Å². The molecule has 1 aliphatic heterocycles. The van der Waals surface area contributed by atoms with Crippen molar-refractivity contribution in [2.75, 3.05) is 5.75 Å². The first-order valence-corrected chi connectivity index (χ1v) is 6.36. The second-order valence-corrected chi connectivity index (χ2v) is 5.02. The van der Waals surface area contributed by atoms with Crippen molar-refractivity contribution in [3.8, 4) is 0 Å². The first-order valence-electron chi connectivity index (χ1n) is 5.38. The van der Waals surface area contributed by atoms with Crippen LogP contribution < -0.4 is 5.32 Å². The van der Waals surface area contributed by atoms with Crippen LogP contribution >= 0.6 is 11.8 Å².